The minimum Gasteiger partial charge on any atom is -0.506 e. The van der Waals surface area contributed by atoms with E-state index >= 15 is 0 Å². The highest BCUT2D eigenvalue weighted by atomic mass is 32.1. The molecule has 0 aliphatic heterocycles. The molecule has 0 radical (unpaired) electrons. The lowest BCUT2D eigenvalue weighted by Gasteiger charge is -1.98. The number of aromatic hydroxyl groups is 1. The lowest BCUT2D eigenvalue weighted by atomic mass is 10.0. The Morgan fingerprint density at radius 1 is 1.60 bits per heavy atom. The summed E-state index contributed by atoms with van der Waals surface area (Å²) in [6.45, 7) is 4.04. The molecule has 2 nitrogen and oxygen atoms in total. The zero-order valence-corrected chi connectivity index (χ0v) is 7.20. The topological polar surface area (TPSA) is 33.1 Å². The maximum Gasteiger partial charge on any atom is 0.159 e. The van der Waals surface area contributed by atoms with Gasteiger partial charge in [0, 0.05) is 10.7 Å². The summed E-state index contributed by atoms with van der Waals surface area (Å²) in [5, 5.41) is 9.36. The summed E-state index contributed by atoms with van der Waals surface area (Å²) in [6.07, 6.45) is 0. The Balaban J connectivity index is 3.05. The molecule has 0 saturated heterocycles. The summed E-state index contributed by atoms with van der Waals surface area (Å²) >= 11 is 1.36. The lowest BCUT2D eigenvalue weighted by molar-refractivity contribution is 0.468. The highest BCUT2D eigenvalue weighted by Crippen LogP contribution is 2.22. The van der Waals surface area contributed by atoms with E-state index in [-0.39, 0.29) is 0 Å². The summed E-state index contributed by atoms with van der Waals surface area (Å²) in [6, 6.07) is 0. The van der Waals surface area contributed by atoms with E-state index in [1.54, 1.807) is 0 Å². The van der Waals surface area contributed by atoms with Crippen LogP contribution >= 0.6 is 11.5 Å². The van der Waals surface area contributed by atoms with Gasteiger partial charge in [0.15, 0.2) is 7.85 Å². The van der Waals surface area contributed by atoms with Crippen LogP contribution < -0.4 is 4.78 Å². The summed E-state index contributed by atoms with van der Waals surface area (Å²) in [4.78, 5) is 0. The van der Waals surface area contributed by atoms with E-state index in [0.29, 0.717) is 11.7 Å². The van der Waals surface area contributed by atoms with Crippen molar-refractivity contribution in [2.24, 2.45) is 0 Å². The molecule has 1 aromatic rings. The zero-order chi connectivity index (χ0) is 7.72. The van der Waals surface area contributed by atoms with Gasteiger partial charge in [-0.25, -0.2) is 0 Å². The van der Waals surface area contributed by atoms with Crippen LogP contribution in [0.5, 0.6) is 5.75 Å². The van der Waals surface area contributed by atoms with E-state index in [4.69, 9.17) is 0 Å². The first kappa shape index (κ1) is 7.60. The van der Waals surface area contributed by atoms with Crippen LogP contribution in [-0.4, -0.2) is 17.3 Å². The van der Waals surface area contributed by atoms with Gasteiger partial charge >= 0.3 is 0 Å². The van der Waals surface area contributed by atoms with E-state index in [0.717, 1.165) is 10.5 Å². The number of nitrogens with zero attached hydrogens (tertiary/aromatic N) is 1. The smallest absolute Gasteiger partial charge is 0.159 e. The minimum atomic E-state index is 0.324. The van der Waals surface area contributed by atoms with E-state index in [1.807, 2.05) is 21.7 Å². The summed E-state index contributed by atoms with van der Waals surface area (Å²) in [5.74, 6) is 0.699. The number of rotatable bonds is 1. The van der Waals surface area contributed by atoms with Crippen molar-refractivity contribution in [3.05, 3.63) is 5.69 Å². The monoisotopic (exact) mass is 155 g/mol. The van der Waals surface area contributed by atoms with Gasteiger partial charge in [0.2, 0.25) is 0 Å². The average Bonchev–Trinajstić information content (AvgIpc) is 2.14. The van der Waals surface area contributed by atoms with Crippen molar-refractivity contribution in [2.45, 2.75) is 19.8 Å². The summed E-state index contributed by atoms with van der Waals surface area (Å²) in [7, 11) is 1.87. The molecule has 1 aromatic heterocycles. The fourth-order valence-electron chi connectivity index (χ4n) is 0.763. The van der Waals surface area contributed by atoms with Crippen molar-refractivity contribution >= 4 is 24.2 Å². The van der Waals surface area contributed by atoms with Gasteiger partial charge in [-0.15, -0.1) is 0 Å². The van der Waals surface area contributed by atoms with Gasteiger partial charge in [0.05, 0.1) is 5.69 Å². The second-order valence-electron chi connectivity index (χ2n) is 2.63. The Morgan fingerprint density at radius 3 is 2.40 bits per heavy atom. The normalized spacial score (nSPS) is 10.7. The standard InChI is InChI=1S/C6H10BNOS/c1-3(2)4-5(9)6(7)10-8-4/h3,9H,7H2,1-2H3. The molecule has 0 aliphatic carbocycles. The Morgan fingerprint density at radius 2 is 2.20 bits per heavy atom. The van der Waals surface area contributed by atoms with Crippen molar-refractivity contribution in [1.29, 1.82) is 0 Å². The van der Waals surface area contributed by atoms with Gasteiger partial charge in [0.1, 0.15) is 5.75 Å². The van der Waals surface area contributed by atoms with E-state index in [2.05, 4.69) is 4.37 Å². The zero-order valence-electron chi connectivity index (χ0n) is 6.38. The Hall–Kier alpha value is -0.505. The molecule has 4 heteroatoms. The summed E-state index contributed by atoms with van der Waals surface area (Å²) in [5.41, 5.74) is 0.822. The highest BCUT2D eigenvalue weighted by Gasteiger charge is 2.11. The fourth-order valence-corrected chi connectivity index (χ4v) is 1.49. The molecule has 1 heterocycles. The first-order valence-corrected chi connectivity index (χ1v) is 4.05. The van der Waals surface area contributed by atoms with Crippen LogP contribution in [-0.2, 0) is 0 Å². The third kappa shape index (κ3) is 1.16. The molecule has 10 heavy (non-hydrogen) atoms. The molecule has 1 N–H and O–H groups in total. The Bertz CT molecular complexity index is 234. The van der Waals surface area contributed by atoms with Crippen LogP contribution in [0.1, 0.15) is 25.5 Å². The molecule has 0 bridgehead atoms. The Labute approximate surface area is 65.5 Å². The number of hydrogen-bond donors (Lipinski definition) is 1. The molecular formula is C6H10BNOS. The quantitative estimate of drug-likeness (QED) is 0.589. The molecular weight excluding hydrogens is 145 g/mol. The van der Waals surface area contributed by atoms with E-state index in [1.165, 1.54) is 11.5 Å². The van der Waals surface area contributed by atoms with Gasteiger partial charge in [-0.05, 0) is 11.5 Å². The molecule has 0 aliphatic rings. The van der Waals surface area contributed by atoms with Crippen molar-refractivity contribution < 1.29 is 5.11 Å². The molecule has 0 atom stereocenters. The highest BCUT2D eigenvalue weighted by molar-refractivity contribution is 7.15. The third-order valence-electron chi connectivity index (χ3n) is 1.40. The fraction of sp³-hybridized carbons (Fsp3) is 0.500. The molecule has 0 saturated carbocycles. The third-order valence-corrected chi connectivity index (χ3v) is 2.16. The molecule has 0 fully saturated rings. The van der Waals surface area contributed by atoms with Crippen LogP contribution in [0.2, 0.25) is 0 Å². The Kier molecular flexibility index (Phi) is 1.99. The largest absolute Gasteiger partial charge is 0.506 e. The predicted molar refractivity (Wildman–Crippen MR) is 46.0 cm³/mol. The number of hydrogen-bond acceptors (Lipinski definition) is 3. The first-order chi connectivity index (χ1) is 4.63. The van der Waals surface area contributed by atoms with Crippen molar-refractivity contribution in [1.82, 2.24) is 4.37 Å². The maximum atomic E-state index is 9.36. The SMILES string of the molecule is Bc1snc(C(C)C)c1O. The van der Waals surface area contributed by atoms with E-state index < -0.39 is 0 Å². The van der Waals surface area contributed by atoms with Gasteiger partial charge in [-0.2, -0.15) is 4.37 Å². The second kappa shape index (κ2) is 2.62. The van der Waals surface area contributed by atoms with Crippen LogP contribution in [0.15, 0.2) is 0 Å². The lowest BCUT2D eigenvalue weighted by Crippen LogP contribution is -1.95. The number of aromatic nitrogens is 1. The molecule has 0 amide bonds. The summed E-state index contributed by atoms with van der Waals surface area (Å²) < 4.78 is 5.01. The van der Waals surface area contributed by atoms with Crippen LogP contribution in [0.3, 0.4) is 0 Å². The van der Waals surface area contributed by atoms with Crippen molar-refractivity contribution in [3.63, 3.8) is 0 Å². The maximum absolute atomic E-state index is 9.36. The van der Waals surface area contributed by atoms with Crippen LogP contribution in [0, 0.1) is 0 Å². The molecule has 0 aromatic carbocycles. The average molecular weight is 155 g/mol. The van der Waals surface area contributed by atoms with Crippen molar-refractivity contribution in [2.75, 3.05) is 0 Å². The molecule has 0 unspecified atom stereocenters. The minimum absolute atomic E-state index is 0.324. The van der Waals surface area contributed by atoms with Gasteiger partial charge < -0.3 is 5.11 Å². The van der Waals surface area contributed by atoms with Gasteiger partial charge in [-0.3, -0.25) is 0 Å². The van der Waals surface area contributed by atoms with Crippen molar-refractivity contribution in [3.8, 4) is 5.75 Å². The van der Waals surface area contributed by atoms with Crippen LogP contribution in [0.4, 0.5) is 0 Å². The second-order valence-corrected chi connectivity index (χ2v) is 3.60. The molecule has 0 spiro atoms. The predicted octanol–water partition coefficient (Wildman–Crippen LogP) is 0.231. The first-order valence-electron chi connectivity index (χ1n) is 3.28. The van der Waals surface area contributed by atoms with E-state index in [9.17, 15) is 5.11 Å². The van der Waals surface area contributed by atoms with Gasteiger partial charge in [0.25, 0.3) is 0 Å². The van der Waals surface area contributed by atoms with Gasteiger partial charge in [-0.1, -0.05) is 13.8 Å². The van der Waals surface area contributed by atoms with Crippen LogP contribution in [0.25, 0.3) is 0 Å². The molecule has 1 rings (SSSR count). The molecule has 54 valence electrons.